The number of halogens is 2. The van der Waals surface area contributed by atoms with Crippen LogP contribution in [0.2, 0.25) is 0 Å². The second kappa shape index (κ2) is 6.91. The Bertz CT molecular complexity index is 634. The Morgan fingerprint density at radius 2 is 1.86 bits per heavy atom. The summed E-state index contributed by atoms with van der Waals surface area (Å²) in [5.74, 6) is 1.65. The Morgan fingerprint density at radius 3 is 2.48 bits per heavy atom. The van der Waals surface area contributed by atoms with Gasteiger partial charge >= 0.3 is 0 Å². The zero-order valence-electron chi connectivity index (χ0n) is 12.1. The largest absolute Gasteiger partial charge is 0.496 e. The highest BCUT2D eigenvalue weighted by molar-refractivity contribution is 9.10. The Hall–Kier alpha value is -1.59. The van der Waals surface area contributed by atoms with Crippen LogP contribution in [-0.2, 0) is 0 Å². The third kappa shape index (κ3) is 3.54. The van der Waals surface area contributed by atoms with Crippen LogP contribution in [0.3, 0.4) is 0 Å². The molecule has 0 fully saturated rings. The van der Waals surface area contributed by atoms with Crippen molar-refractivity contribution in [2.75, 3.05) is 14.2 Å². The van der Waals surface area contributed by atoms with Crippen LogP contribution in [0.5, 0.6) is 17.2 Å². The Labute approximate surface area is 132 Å². The second-order valence-electron chi connectivity index (χ2n) is 4.56. The molecule has 5 heteroatoms. The fourth-order valence-electron chi connectivity index (χ4n) is 2.04. The van der Waals surface area contributed by atoms with E-state index in [1.165, 1.54) is 12.1 Å². The van der Waals surface area contributed by atoms with E-state index in [0.717, 1.165) is 11.3 Å². The average molecular weight is 354 g/mol. The van der Waals surface area contributed by atoms with E-state index >= 15 is 0 Å². The number of hydrogen-bond acceptors (Lipinski definition) is 3. The van der Waals surface area contributed by atoms with Crippen LogP contribution in [0.1, 0.15) is 18.5 Å². The highest BCUT2D eigenvalue weighted by Crippen LogP contribution is 2.38. The lowest BCUT2D eigenvalue weighted by molar-refractivity contribution is 0.392. The number of nitrogens with one attached hydrogen (secondary N) is 1. The Kier molecular flexibility index (Phi) is 5.20. The van der Waals surface area contributed by atoms with Crippen LogP contribution in [-0.4, -0.2) is 14.2 Å². The molecule has 2 aromatic rings. The summed E-state index contributed by atoms with van der Waals surface area (Å²) in [5.41, 5.74) is 0.915. The summed E-state index contributed by atoms with van der Waals surface area (Å²) < 4.78 is 25.0. The molecule has 1 unspecified atom stereocenters. The molecule has 0 aliphatic heterocycles. The molecule has 0 radical (unpaired) electrons. The molecule has 0 saturated carbocycles. The summed E-state index contributed by atoms with van der Waals surface area (Å²) in [7, 11) is 3.49. The summed E-state index contributed by atoms with van der Waals surface area (Å²) in [6, 6.07) is 9.98. The van der Waals surface area contributed by atoms with E-state index in [1.54, 1.807) is 13.2 Å². The molecule has 0 spiro atoms. The Morgan fingerprint density at radius 1 is 1.14 bits per heavy atom. The first-order valence-electron chi connectivity index (χ1n) is 6.54. The predicted molar refractivity (Wildman–Crippen MR) is 84.6 cm³/mol. The van der Waals surface area contributed by atoms with Gasteiger partial charge in [0, 0.05) is 6.04 Å². The van der Waals surface area contributed by atoms with Gasteiger partial charge in [-0.1, -0.05) is 6.07 Å². The van der Waals surface area contributed by atoms with Crippen molar-refractivity contribution in [2.45, 2.75) is 13.0 Å². The van der Waals surface area contributed by atoms with Gasteiger partial charge in [-0.2, -0.15) is 0 Å². The fraction of sp³-hybridized carbons (Fsp3) is 0.250. The lowest BCUT2D eigenvalue weighted by Gasteiger charge is -2.19. The second-order valence-corrected chi connectivity index (χ2v) is 5.41. The SMILES string of the molecule is CNC(C)c1c(OC)cccc1Oc1ccc(F)cc1Br. The van der Waals surface area contributed by atoms with Crippen LogP contribution in [0, 0.1) is 5.82 Å². The summed E-state index contributed by atoms with van der Waals surface area (Å²) in [4.78, 5) is 0. The third-order valence-corrected chi connectivity index (χ3v) is 3.85. The van der Waals surface area contributed by atoms with Crippen LogP contribution >= 0.6 is 15.9 Å². The molecule has 0 saturated heterocycles. The van der Waals surface area contributed by atoms with E-state index in [0.29, 0.717) is 16.0 Å². The molecule has 0 amide bonds. The van der Waals surface area contributed by atoms with Gasteiger partial charge in [0.25, 0.3) is 0 Å². The zero-order valence-corrected chi connectivity index (χ0v) is 13.7. The van der Waals surface area contributed by atoms with Gasteiger partial charge < -0.3 is 14.8 Å². The minimum absolute atomic E-state index is 0.0513. The normalized spacial score (nSPS) is 12.0. The molecule has 21 heavy (non-hydrogen) atoms. The van der Waals surface area contributed by atoms with Crippen molar-refractivity contribution in [3.8, 4) is 17.2 Å². The number of methoxy groups -OCH3 is 1. The van der Waals surface area contributed by atoms with Gasteiger partial charge in [0.2, 0.25) is 0 Å². The van der Waals surface area contributed by atoms with Crippen molar-refractivity contribution >= 4 is 15.9 Å². The predicted octanol–water partition coefficient (Wildman–Crippen LogP) is 4.67. The molecule has 1 atom stereocenters. The fourth-order valence-corrected chi connectivity index (χ4v) is 2.47. The molecule has 0 heterocycles. The smallest absolute Gasteiger partial charge is 0.141 e. The van der Waals surface area contributed by atoms with E-state index in [4.69, 9.17) is 9.47 Å². The molecule has 0 aliphatic rings. The van der Waals surface area contributed by atoms with Crippen molar-refractivity contribution < 1.29 is 13.9 Å². The number of benzene rings is 2. The van der Waals surface area contributed by atoms with E-state index in [2.05, 4.69) is 21.2 Å². The van der Waals surface area contributed by atoms with Crippen LogP contribution in [0.4, 0.5) is 4.39 Å². The minimum Gasteiger partial charge on any atom is -0.496 e. The minimum atomic E-state index is -0.316. The topological polar surface area (TPSA) is 30.5 Å². The lowest BCUT2D eigenvalue weighted by Crippen LogP contribution is -2.14. The molecule has 0 aromatic heterocycles. The van der Waals surface area contributed by atoms with Crippen LogP contribution in [0.15, 0.2) is 40.9 Å². The van der Waals surface area contributed by atoms with Crippen LogP contribution < -0.4 is 14.8 Å². The average Bonchev–Trinajstić information content (AvgIpc) is 2.49. The highest BCUT2D eigenvalue weighted by atomic mass is 79.9. The van der Waals surface area contributed by atoms with Gasteiger partial charge in [0.15, 0.2) is 0 Å². The maximum atomic E-state index is 13.2. The first-order valence-corrected chi connectivity index (χ1v) is 7.33. The van der Waals surface area contributed by atoms with Gasteiger partial charge in [-0.25, -0.2) is 4.39 Å². The molecular weight excluding hydrogens is 337 g/mol. The van der Waals surface area contributed by atoms with E-state index < -0.39 is 0 Å². The molecule has 2 rings (SSSR count). The van der Waals surface area contributed by atoms with E-state index in [-0.39, 0.29) is 11.9 Å². The number of rotatable bonds is 5. The first kappa shape index (κ1) is 15.8. The Balaban J connectivity index is 2.43. The summed E-state index contributed by atoms with van der Waals surface area (Å²) in [5, 5.41) is 3.17. The highest BCUT2D eigenvalue weighted by Gasteiger charge is 2.17. The lowest BCUT2D eigenvalue weighted by atomic mass is 10.1. The standard InChI is InChI=1S/C16H17BrFNO2/c1-10(19-2)16-14(20-3)5-4-6-15(16)21-13-8-7-11(18)9-12(13)17/h4-10,19H,1-3H3. The zero-order chi connectivity index (χ0) is 15.4. The van der Waals surface area contributed by atoms with Crippen molar-refractivity contribution in [1.82, 2.24) is 5.32 Å². The van der Waals surface area contributed by atoms with Crippen molar-refractivity contribution in [1.29, 1.82) is 0 Å². The van der Waals surface area contributed by atoms with Crippen molar-refractivity contribution in [3.63, 3.8) is 0 Å². The first-order chi connectivity index (χ1) is 10.1. The van der Waals surface area contributed by atoms with E-state index in [1.807, 2.05) is 32.2 Å². The quantitative estimate of drug-likeness (QED) is 0.847. The maximum absolute atomic E-state index is 13.2. The third-order valence-electron chi connectivity index (χ3n) is 3.23. The van der Waals surface area contributed by atoms with Gasteiger partial charge in [-0.05, 0) is 60.2 Å². The van der Waals surface area contributed by atoms with Crippen LogP contribution in [0.25, 0.3) is 0 Å². The molecule has 0 bridgehead atoms. The van der Waals surface area contributed by atoms with Crippen molar-refractivity contribution in [2.24, 2.45) is 0 Å². The summed E-state index contributed by atoms with van der Waals surface area (Å²) in [6.07, 6.45) is 0. The molecule has 0 aliphatic carbocycles. The maximum Gasteiger partial charge on any atom is 0.141 e. The van der Waals surface area contributed by atoms with E-state index in [9.17, 15) is 4.39 Å². The van der Waals surface area contributed by atoms with Gasteiger partial charge in [-0.3, -0.25) is 0 Å². The molecule has 112 valence electrons. The summed E-state index contributed by atoms with van der Waals surface area (Å²) >= 11 is 3.31. The molecule has 3 nitrogen and oxygen atoms in total. The van der Waals surface area contributed by atoms with Gasteiger partial charge in [0.05, 0.1) is 17.1 Å². The molecule has 2 aromatic carbocycles. The number of ether oxygens (including phenoxy) is 2. The molecular formula is C16H17BrFNO2. The van der Waals surface area contributed by atoms with Gasteiger partial charge in [0.1, 0.15) is 23.1 Å². The van der Waals surface area contributed by atoms with Crippen molar-refractivity contribution in [3.05, 3.63) is 52.3 Å². The monoisotopic (exact) mass is 353 g/mol. The molecule has 1 N–H and O–H groups in total. The number of hydrogen-bond donors (Lipinski definition) is 1. The summed E-state index contributed by atoms with van der Waals surface area (Å²) in [6.45, 7) is 2.02. The van der Waals surface area contributed by atoms with Gasteiger partial charge in [-0.15, -0.1) is 0 Å².